The molecule has 1 aliphatic heterocycles. The fourth-order valence-electron chi connectivity index (χ4n) is 1.33. The molecule has 69 valence electrons. The third kappa shape index (κ3) is 2.46. The molecule has 0 N–H and O–H groups in total. The average molecular weight is 172 g/mol. The number of hydrogen-bond donors (Lipinski definition) is 0. The molecular formula is C8H14NO3. The summed E-state index contributed by atoms with van der Waals surface area (Å²) in [5, 5.41) is 0. The van der Waals surface area contributed by atoms with E-state index in [4.69, 9.17) is 9.47 Å². The van der Waals surface area contributed by atoms with Crippen molar-refractivity contribution in [3.8, 4) is 0 Å². The maximum atomic E-state index is 10.4. The molecule has 4 nitrogen and oxygen atoms in total. The van der Waals surface area contributed by atoms with E-state index in [0.717, 1.165) is 25.8 Å². The molecular weight excluding hydrogens is 158 g/mol. The van der Waals surface area contributed by atoms with Gasteiger partial charge in [-0.25, -0.2) is 0 Å². The third-order valence-electron chi connectivity index (χ3n) is 1.94. The van der Waals surface area contributed by atoms with E-state index in [9.17, 15) is 4.79 Å². The zero-order valence-corrected chi connectivity index (χ0v) is 7.28. The Balaban J connectivity index is 2.31. The van der Waals surface area contributed by atoms with Crippen LogP contribution >= 0.6 is 0 Å². The minimum atomic E-state index is -0.129. The standard InChI is InChI=1S/C8H14NO3/c1-11-7-12-8-4-2-3-5-9(8)6-10/h8H,2-5,7H2,1H3/t8-/m0/s1. The Kier molecular flexibility index (Phi) is 4.04. The maximum Gasteiger partial charge on any atom is 0.314 e. The molecule has 0 aromatic carbocycles. The molecule has 1 heterocycles. The van der Waals surface area contributed by atoms with Gasteiger partial charge in [-0.2, -0.15) is 0 Å². The summed E-state index contributed by atoms with van der Waals surface area (Å²) in [5.74, 6) is 0. The summed E-state index contributed by atoms with van der Waals surface area (Å²) in [5.41, 5.74) is 0. The van der Waals surface area contributed by atoms with Crippen molar-refractivity contribution < 1.29 is 14.3 Å². The van der Waals surface area contributed by atoms with Gasteiger partial charge in [0.2, 0.25) is 0 Å². The van der Waals surface area contributed by atoms with Gasteiger partial charge in [-0.15, -0.1) is 0 Å². The van der Waals surface area contributed by atoms with Crippen LogP contribution in [0.4, 0.5) is 0 Å². The van der Waals surface area contributed by atoms with E-state index < -0.39 is 0 Å². The Morgan fingerprint density at radius 3 is 3.08 bits per heavy atom. The van der Waals surface area contributed by atoms with Crippen molar-refractivity contribution in [3.05, 3.63) is 0 Å². The SMILES string of the molecule is COCO[C@H]1CCCCN1[C]=O. The molecule has 1 aliphatic rings. The van der Waals surface area contributed by atoms with Crippen LogP contribution in [0.2, 0.25) is 0 Å². The summed E-state index contributed by atoms with van der Waals surface area (Å²) in [4.78, 5) is 12.0. The summed E-state index contributed by atoms with van der Waals surface area (Å²) in [6.07, 6.45) is 4.77. The summed E-state index contributed by atoms with van der Waals surface area (Å²) >= 11 is 0. The molecule has 4 heteroatoms. The monoisotopic (exact) mass is 172 g/mol. The summed E-state index contributed by atoms with van der Waals surface area (Å²) < 4.78 is 10.0. The van der Waals surface area contributed by atoms with Crippen LogP contribution in [0, 0.1) is 0 Å². The molecule has 1 radical (unpaired) electrons. The molecule has 1 fully saturated rings. The minimum absolute atomic E-state index is 0.129. The van der Waals surface area contributed by atoms with Gasteiger partial charge in [-0.05, 0) is 19.3 Å². The molecule has 0 spiro atoms. The first kappa shape index (κ1) is 9.48. The number of nitrogens with zero attached hydrogens (tertiary/aromatic N) is 1. The fourth-order valence-corrected chi connectivity index (χ4v) is 1.33. The van der Waals surface area contributed by atoms with Crippen molar-refractivity contribution in [3.63, 3.8) is 0 Å². The van der Waals surface area contributed by atoms with Gasteiger partial charge in [-0.1, -0.05) is 0 Å². The second-order valence-electron chi connectivity index (χ2n) is 2.81. The minimum Gasteiger partial charge on any atom is -0.359 e. The van der Waals surface area contributed by atoms with Gasteiger partial charge in [0.15, 0.2) is 0 Å². The number of carbonyl (C=O) groups excluding carboxylic acids is 1. The first-order valence-corrected chi connectivity index (χ1v) is 4.13. The number of hydrogen-bond acceptors (Lipinski definition) is 3. The normalized spacial score (nSPS) is 24.1. The summed E-state index contributed by atoms with van der Waals surface area (Å²) in [7, 11) is 1.57. The lowest BCUT2D eigenvalue weighted by atomic mass is 10.1. The van der Waals surface area contributed by atoms with Gasteiger partial charge in [0.1, 0.15) is 13.0 Å². The lowest BCUT2D eigenvalue weighted by molar-refractivity contribution is -0.124. The van der Waals surface area contributed by atoms with Crippen molar-refractivity contribution in [1.82, 2.24) is 4.90 Å². The quantitative estimate of drug-likeness (QED) is 0.579. The Bertz CT molecular complexity index is 140. The zero-order chi connectivity index (χ0) is 8.81. The van der Waals surface area contributed by atoms with Crippen LogP contribution in [0.3, 0.4) is 0 Å². The van der Waals surface area contributed by atoms with E-state index in [1.54, 1.807) is 12.0 Å². The van der Waals surface area contributed by atoms with Crippen molar-refractivity contribution in [2.24, 2.45) is 0 Å². The largest absolute Gasteiger partial charge is 0.359 e. The maximum absolute atomic E-state index is 10.4. The topological polar surface area (TPSA) is 38.8 Å². The van der Waals surface area contributed by atoms with Gasteiger partial charge < -0.3 is 14.4 Å². The van der Waals surface area contributed by atoms with E-state index in [-0.39, 0.29) is 13.0 Å². The summed E-state index contributed by atoms with van der Waals surface area (Å²) in [6.45, 7) is 0.987. The molecule has 0 unspecified atom stereocenters. The van der Waals surface area contributed by atoms with E-state index in [0.29, 0.717) is 0 Å². The molecule has 1 amide bonds. The smallest absolute Gasteiger partial charge is 0.314 e. The number of rotatable bonds is 4. The van der Waals surface area contributed by atoms with Crippen LogP contribution in [-0.2, 0) is 14.3 Å². The lowest BCUT2D eigenvalue weighted by Crippen LogP contribution is -2.40. The molecule has 12 heavy (non-hydrogen) atoms. The molecule has 0 bridgehead atoms. The summed E-state index contributed by atoms with van der Waals surface area (Å²) in [6, 6.07) is 0. The van der Waals surface area contributed by atoms with Crippen molar-refractivity contribution >= 4 is 6.41 Å². The first-order chi connectivity index (χ1) is 5.88. The highest BCUT2D eigenvalue weighted by molar-refractivity contribution is 5.48. The Labute approximate surface area is 72.4 Å². The molecule has 0 aliphatic carbocycles. The predicted octanol–water partition coefficient (Wildman–Crippen LogP) is 0.486. The van der Waals surface area contributed by atoms with Crippen molar-refractivity contribution in [2.45, 2.75) is 25.5 Å². The van der Waals surface area contributed by atoms with Gasteiger partial charge in [0, 0.05) is 13.7 Å². The van der Waals surface area contributed by atoms with Crippen LogP contribution in [0.15, 0.2) is 0 Å². The number of methoxy groups -OCH3 is 1. The van der Waals surface area contributed by atoms with Gasteiger partial charge in [0.25, 0.3) is 0 Å². The van der Waals surface area contributed by atoms with Crippen molar-refractivity contribution in [1.29, 1.82) is 0 Å². The zero-order valence-electron chi connectivity index (χ0n) is 7.28. The second kappa shape index (κ2) is 5.11. The molecule has 1 atom stereocenters. The highest BCUT2D eigenvalue weighted by Crippen LogP contribution is 2.15. The van der Waals surface area contributed by atoms with Gasteiger partial charge in [0.05, 0.1) is 0 Å². The molecule has 1 saturated heterocycles. The van der Waals surface area contributed by atoms with Crippen LogP contribution in [0.5, 0.6) is 0 Å². The third-order valence-corrected chi connectivity index (χ3v) is 1.94. The van der Waals surface area contributed by atoms with Gasteiger partial charge in [-0.3, -0.25) is 4.79 Å². The van der Waals surface area contributed by atoms with Crippen LogP contribution in [0.1, 0.15) is 19.3 Å². The number of likely N-dealkylation sites (tertiary alicyclic amines) is 1. The predicted molar refractivity (Wildman–Crippen MR) is 43.0 cm³/mol. The van der Waals surface area contributed by atoms with Crippen molar-refractivity contribution in [2.75, 3.05) is 20.4 Å². The highest BCUT2D eigenvalue weighted by atomic mass is 16.7. The average Bonchev–Trinajstić information content (AvgIpc) is 2.15. The van der Waals surface area contributed by atoms with Gasteiger partial charge >= 0.3 is 6.41 Å². The van der Waals surface area contributed by atoms with Crippen LogP contribution in [0.25, 0.3) is 0 Å². The number of ether oxygens (including phenoxy) is 2. The number of piperidine rings is 1. The highest BCUT2D eigenvalue weighted by Gasteiger charge is 2.21. The van der Waals surface area contributed by atoms with E-state index >= 15 is 0 Å². The first-order valence-electron chi connectivity index (χ1n) is 4.13. The molecule has 0 saturated carbocycles. The Hall–Kier alpha value is -0.610. The Morgan fingerprint density at radius 1 is 1.58 bits per heavy atom. The molecule has 1 rings (SSSR count). The van der Waals surface area contributed by atoms with Crippen LogP contribution < -0.4 is 0 Å². The molecule has 0 aromatic rings. The van der Waals surface area contributed by atoms with E-state index in [1.807, 2.05) is 6.41 Å². The number of amides is 1. The Morgan fingerprint density at radius 2 is 2.42 bits per heavy atom. The van der Waals surface area contributed by atoms with E-state index in [2.05, 4.69) is 0 Å². The second-order valence-corrected chi connectivity index (χ2v) is 2.81. The molecule has 0 aromatic heterocycles. The van der Waals surface area contributed by atoms with Crippen LogP contribution in [-0.4, -0.2) is 38.0 Å². The van der Waals surface area contributed by atoms with E-state index in [1.165, 1.54) is 0 Å². The fraction of sp³-hybridized carbons (Fsp3) is 0.875. The lowest BCUT2D eigenvalue weighted by Gasteiger charge is -2.31.